The van der Waals surface area contributed by atoms with Gasteiger partial charge < -0.3 is 14.7 Å². The number of ether oxygens (including phenoxy) is 1. The summed E-state index contributed by atoms with van der Waals surface area (Å²) in [7, 11) is 0. The summed E-state index contributed by atoms with van der Waals surface area (Å²) in [5, 5.41) is 20.3. The molecule has 19 heavy (non-hydrogen) atoms. The first-order valence-electron chi connectivity index (χ1n) is 5.96. The molecule has 2 unspecified atom stereocenters. The van der Waals surface area contributed by atoms with Crippen LogP contribution in [0.4, 0.5) is 11.4 Å². The van der Waals surface area contributed by atoms with Crippen LogP contribution in [0, 0.1) is 10.1 Å². The molecule has 1 aromatic rings. The second kappa shape index (κ2) is 5.85. The molecule has 104 valence electrons. The van der Waals surface area contributed by atoms with Gasteiger partial charge in [0.15, 0.2) is 0 Å². The summed E-state index contributed by atoms with van der Waals surface area (Å²) < 4.78 is 6.23. The van der Waals surface area contributed by atoms with Crippen LogP contribution in [-0.4, -0.2) is 41.9 Å². The van der Waals surface area contributed by atoms with E-state index in [4.69, 9.17) is 4.74 Å². The summed E-state index contributed by atoms with van der Waals surface area (Å²) in [6, 6.07) is 4.89. The highest BCUT2D eigenvalue weighted by molar-refractivity contribution is 9.10. The van der Waals surface area contributed by atoms with Gasteiger partial charge in [-0.15, -0.1) is 0 Å². The lowest BCUT2D eigenvalue weighted by molar-refractivity contribution is -0.384. The number of halogens is 1. The van der Waals surface area contributed by atoms with E-state index in [-0.39, 0.29) is 24.4 Å². The number of aliphatic hydroxyl groups is 1. The predicted molar refractivity (Wildman–Crippen MR) is 74.4 cm³/mol. The van der Waals surface area contributed by atoms with Crippen LogP contribution in [0.1, 0.15) is 6.92 Å². The molecule has 1 fully saturated rings. The van der Waals surface area contributed by atoms with Crippen molar-refractivity contribution in [2.24, 2.45) is 0 Å². The number of hydrogen-bond acceptors (Lipinski definition) is 5. The van der Waals surface area contributed by atoms with Gasteiger partial charge in [0.25, 0.3) is 5.69 Å². The van der Waals surface area contributed by atoms with Crippen molar-refractivity contribution in [2.75, 3.05) is 24.7 Å². The molecule has 2 atom stereocenters. The van der Waals surface area contributed by atoms with E-state index in [1.807, 2.05) is 11.8 Å². The standard InChI is InChI=1S/C12H15BrN2O4/c1-8-7-19-10(6-16)5-14(8)12-4-9(13)2-3-11(12)15(17)18/h2-4,8,10,16H,5-7H2,1H3. The molecular weight excluding hydrogens is 316 g/mol. The van der Waals surface area contributed by atoms with Gasteiger partial charge in [0.1, 0.15) is 5.69 Å². The Morgan fingerprint density at radius 3 is 3.00 bits per heavy atom. The Hall–Kier alpha value is -1.18. The average Bonchev–Trinajstić information content (AvgIpc) is 2.38. The quantitative estimate of drug-likeness (QED) is 0.677. The number of nitro benzene ring substituents is 1. The Labute approximate surface area is 119 Å². The Balaban J connectivity index is 2.38. The summed E-state index contributed by atoms with van der Waals surface area (Å²) in [6.07, 6.45) is -0.310. The van der Waals surface area contributed by atoms with E-state index < -0.39 is 4.92 Å². The highest BCUT2D eigenvalue weighted by Gasteiger charge is 2.30. The minimum atomic E-state index is -0.391. The van der Waals surface area contributed by atoms with E-state index in [1.165, 1.54) is 6.07 Å². The number of nitrogens with zero attached hydrogens (tertiary/aromatic N) is 2. The molecule has 0 saturated carbocycles. The van der Waals surface area contributed by atoms with Crippen molar-refractivity contribution >= 4 is 27.3 Å². The Bertz CT molecular complexity index is 483. The van der Waals surface area contributed by atoms with Crippen LogP contribution in [0.5, 0.6) is 0 Å². The molecule has 1 heterocycles. The van der Waals surface area contributed by atoms with Gasteiger partial charge in [-0.05, 0) is 19.1 Å². The minimum Gasteiger partial charge on any atom is -0.394 e. The molecule has 1 N–H and O–H groups in total. The summed E-state index contributed by atoms with van der Waals surface area (Å²) in [4.78, 5) is 12.6. The summed E-state index contributed by atoms with van der Waals surface area (Å²) >= 11 is 3.33. The van der Waals surface area contributed by atoms with Crippen molar-refractivity contribution in [3.8, 4) is 0 Å². The molecule has 0 bridgehead atoms. The normalized spacial score (nSPS) is 23.4. The lowest BCUT2D eigenvalue weighted by atomic mass is 10.1. The zero-order valence-electron chi connectivity index (χ0n) is 10.5. The van der Waals surface area contributed by atoms with Crippen LogP contribution >= 0.6 is 15.9 Å². The Morgan fingerprint density at radius 2 is 2.37 bits per heavy atom. The fraction of sp³-hybridized carbons (Fsp3) is 0.500. The molecule has 1 aliphatic heterocycles. The first-order valence-corrected chi connectivity index (χ1v) is 6.75. The van der Waals surface area contributed by atoms with Crippen molar-refractivity contribution in [1.29, 1.82) is 0 Å². The topological polar surface area (TPSA) is 75.8 Å². The minimum absolute atomic E-state index is 0.0239. The van der Waals surface area contributed by atoms with E-state index >= 15 is 0 Å². The largest absolute Gasteiger partial charge is 0.394 e. The number of anilines is 1. The molecule has 6 nitrogen and oxygen atoms in total. The van der Waals surface area contributed by atoms with E-state index in [1.54, 1.807) is 12.1 Å². The van der Waals surface area contributed by atoms with Crippen molar-refractivity contribution < 1.29 is 14.8 Å². The van der Waals surface area contributed by atoms with Crippen LogP contribution in [0.3, 0.4) is 0 Å². The molecule has 1 saturated heterocycles. The monoisotopic (exact) mass is 330 g/mol. The van der Waals surface area contributed by atoms with Gasteiger partial charge in [-0.2, -0.15) is 0 Å². The van der Waals surface area contributed by atoms with E-state index in [0.717, 1.165) is 4.47 Å². The zero-order chi connectivity index (χ0) is 14.0. The van der Waals surface area contributed by atoms with E-state index in [2.05, 4.69) is 15.9 Å². The maximum atomic E-state index is 11.1. The van der Waals surface area contributed by atoms with Crippen molar-refractivity contribution in [3.05, 3.63) is 32.8 Å². The van der Waals surface area contributed by atoms with Crippen molar-refractivity contribution in [1.82, 2.24) is 0 Å². The smallest absolute Gasteiger partial charge is 0.292 e. The van der Waals surface area contributed by atoms with Crippen molar-refractivity contribution in [2.45, 2.75) is 19.1 Å². The third-order valence-electron chi connectivity index (χ3n) is 3.15. The van der Waals surface area contributed by atoms with Crippen molar-refractivity contribution in [3.63, 3.8) is 0 Å². The molecule has 0 spiro atoms. The summed E-state index contributed by atoms with van der Waals surface area (Å²) in [6.45, 7) is 2.73. The van der Waals surface area contributed by atoms with Gasteiger partial charge in [-0.3, -0.25) is 10.1 Å². The first-order chi connectivity index (χ1) is 9.02. The van der Waals surface area contributed by atoms with Crippen LogP contribution in [-0.2, 0) is 4.74 Å². The van der Waals surface area contributed by atoms with Gasteiger partial charge in [0.2, 0.25) is 0 Å². The van der Waals surface area contributed by atoms with E-state index in [0.29, 0.717) is 18.8 Å². The molecule has 0 aliphatic carbocycles. The number of rotatable bonds is 3. The second-order valence-corrected chi connectivity index (χ2v) is 5.45. The van der Waals surface area contributed by atoms with Gasteiger partial charge >= 0.3 is 0 Å². The summed E-state index contributed by atoms with van der Waals surface area (Å²) in [5.74, 6) is 0. The zero-order valence-corrected chi connectivity index (χ0v) is 12.0. The third kappa shape index (κ3) is 3.05. The number of aliphatic hydroxyl groups excluding tert-OH is 1. The number of hydrogen-bond donors (Lipinski definition) is 1. The van der Waals surface area contributed by atoms with Gasteiger partial charge in [-0.1, -0.05) is 15.9 Å². The molecule has 0 amide bonds. The van der Waals surface area contributed by atoms with Gasteiger partial charge in [0, 0.05) is 23.1 Å². The van der Waals surface area contributed by atoms with Crippen LogP contribution in [0.25, 0.3) is 0 Å². The Morgan fingerprint density at radius 1 is 1.63 bits per heavy atom. The number of nitro groups is 1. The maximum Gasteiger partial charge on any atom is 0.292 e. The first kappa shape index (κ1) is 14.2. The number of morpholine rings is 1. The predicted octanol–water partition coefficient (Wildman–Crippen LogP) is 1.94. The van der Waals surface area contributed by atoms with Gasteiger partial charge in [-0.25, -0.2) is 0 Å². The molecule has 1 aliphatic rings. The fourth-order valence-electron chi connectivity index (χ4n) is 2.14. The molecule has 1 aromatic carbocycles. The van der Waals surface area contributed by atoms with Gasteiger partial charge in [0.05, 0.1) is 24.2 Å². The highest BCUT2D eigenvalue weighted by atomic mass is 79.9. The number of benzene rings is 1. The lowest BCUT2D eigenvalue weighted by Crippen LogP contribution is -2.49. The third-order valence-corrected chi connectivity index (χ3v) is 3.65. The van der Waals surface area contributed by atoms with Crippen LogP contribution in [0.2, 0.25) is 0 Å². The average molecular weight is 331 g/mol. The maximum absolute atomic E-state index is 11.1. The molecule has 2 rings (SSSR count). The summed E-state index contributed by atoms with van der Waals surface area (Å²) in [5.41, 5.74) is 0.613. The highest BCUT2D eigenvalue weighted by Crippen LogP contribution is 2.33. The molecule has 7 heteroatoms. The second-order valence-electron chi connectivity index (χ2n) is 4.53. The van der Waals surface area contributed by atoms with E-state index in [9.17, 15) is 15.2 Å². The fourth-order valence-corrected chi connectivity index (χ4v) is 2.49. The molecule has 0 aromatic heterocycles. The SMILES string of the molecule is CC1COC(CO)CN1c1cc(Br)ccc1[N+](=O)[O-]. The Kier molecular flexibility index (Phi) is 4.38. The molecule has 0 radical (unpaired) electrons. The molecular formula is C12H15BrN2O4. The van der Waals surface area contributed by atoms with Crippen LogP contribution in [0.15, 0.2) is 22.7 Å². The lowest BCUT2D eigenvalue weighted by Gasteiger charge is -2.38. The van der Waals surface area contributed by atoms with Crippen LogP contribution < -0.4 is 4.90 Å².